The molecule has 0 spiro atoms. The van der Waals surface area contributed by atoms with E-state index in [0.717, 1.165) is 16.1 Å². The van der Waals surface area contributed by atoms with Crippen LogP contribution in [0.15, 0.2) is 24.1 Å². The minimum absolute atomic E-state index is 0.379. The third kappa shape index (κ3) is 2.25. The molecule has 1 unspecified atom stereocenters. The summed E-state index contributed by atoms with van der Waals surface area (Å²) in [6.45, 7) is 1.62. The van der Waals surface area contributed by atoms with Crippen molar-refractivity contribution in [3.05, 3.63) is 29.7 Å². The topological polar surface area (TPSA) is 114 Å². The van der Waals surface area contributed by atoms with Crippen molar-refractivity contribution in [2.45, 2.75) is 31.5 Å². The molecule has 8 nitrogen and oxygen atoms in total. The van der Waals surface area contributed by atoms with Crippen LogP contribution in [0.25, 0.3) is 21.7 Å². The summed E-state index contributed by atoms with van der Waals surface area (Å²) in [5, 5.41) is 31.4. The van der Waals surface area contributed by atoms with Gasteiger partial charge in [-0.3, -0.25) is 4.57 Å². The van der Waals surface area contributed by atoms with Gasteiger partial charge in [-0.1, -0.05) is 0 Å². The molecular weight excluding hydrogens is 332 g/mol. The van der Waals surface area contributed by atoms with Crippen molar-refractivity contribution in [3.63, 3.8) is 0 Å². The van der Waals surface area contributed by atoms with Gasteiger partial charge in [-0.05, 0) is 23.9 Å². The first-order valence-electron chi connectivity index (χ1n) is 7.46. The van der Waals surface area contributed by atoms with Gasteiger partial charge in [-0.15, -0.1) is 11.3 Å². The average molecular weight is 348 g/mol. The Morgan fingerprint density at radius 2 is 2.08 bits per heavy atom. The SMILES string of the molecule is Cc1ccsc1-c1ncnc2c1ncn2C1O[C@H](CO)[C@@H](O)[C@H]1O. The molecule has 4 atom stereocenters. The molecule has 0 amide bonds. The Morgan fingerprint density at radius 1 is 1.25 bits per heavy atom. The lowest BCUT2D eigenvalue weighted by molar-refractivity contribution is -0.0511. The van der Waals surface area contributed by atoms with Crippen molar-refractivity contribution in [3.8, 4) is 10.6 Å². The molecule has 126 valence electrons. The number of fused-ring (bicyclic) bond motifs is 1. The molecule has 0 saturated carbocycles. The maximum Gasteiger partial charge on any atom is 0.166 e. The van der Waals surface area contributed by atoms with Crippen molar-refractivity contribution < 1.29 is 20.1 Å². The van der Waals surface area contributed by atoms with Gasteiger partial charge < -0.3 is 20.1 Å². The van der Waals surface area contributed by atoms with Crippen LogP contribution < -0.4 is 0 Å². The summed E-state index contributed by atoms with van der Waals surface area (Å²) in [6, 6.07) is 2.01. The molecular formula is C15H16N4O4S. The van der Waals surface area contributed by atoms with E-state index in [4.69, 9.17) is 4.74 Å². The van der Waals surface area contributed by atoms with Crippen LogP contribution in [-0.2, 0) is 4.74 Å². The van der Waals surface area contributed by atoms with Crippen LogP contribution in [0.4, 0.5) is 0 Å². The Hall–Kier alpha value is -1.91. The molecule has 0 bridgehead atoms. The second kappa shape index (κ2) is 5.87. The molecule has 3 N–H and O–H groups in total. The van der Waals surface area contributed by atoms with E-state index in [1.54, 1.807) is 15.9 Å². The molecule has 3 aromatic rings. The Bertz CT molecular complexity index is 879. The first-order valence-corrected chi connectivity index (χ1v) is 8.34. The molecule has 0 radical (unpaired) electrons. The number of aliphatic hydroxyl groups excluding tert-OH is 3. The van der Waals surface area contributed by atoms with E-state index in [9.17, 15) is 15.3 Å². The van der Waals surface area contributed by atoms with Crippen LogP contribution >= 0.6 is 11.3 Å². The number of rotatable bonds is 3. The van der Waals surface area contributed by atoms with E-state index in [2.05, 4.69) is 15.0 Å². The van der Waals surface area contributed by atoms with E-state index < -0.39 is 24.5 Å². The molecule has 0 aliphatic carbocycles. The quantitative estimate of drug-likeness (QED) is 0.631. The fourth-order valence-electron chi connectivity index (χ4n) is 2.93. The van der Waals surface area contributed by atoms with Gasteiger partial charge in [0.15, 0.2) is 11.9 Å². The fraction of sp³-hybridized carbons (Fsp3) is 0.400. The maximum absolute atomic E-state index is 10.2. The van der Waals surface area contributed by atoms with Gasteiger partial charge in [-0.25, -0.2) is 15.0 Å². The molecule has 1 fully saturated rings. The van der Waals surface area contributed by atoms with Gasteiger partial charge in [0.25, 0.3) is 0 Å². The number of nitrogens with zero attached hydrogens (tertiary/aromatic N) is 4. The molecule has 1 aliphatic heterocycles. The molecule has 1 aliphatic rings. The summed E-state index contributed by atoms with van der Waals surface area (Å²) in [5.74, 6) is 0. The zero-order chi connectivity index (χ0) is 16.8. The Morgan fingerprint density at radius 3 is 2.75 bits per heavy atom. The third-order valence-corrected chi connectivity index (χ3v) is 5.25. The fourth-order valence-corrected chi connectivity index (χ4v) is 3.85. The van der Waals surface area contributed by atoms with Gasteiger partial charge in [0.05, 0.1) is 17.8 Å². The first-order chi connectivity index (χ1) is 11.6. The summed E-state index contributed by atoms with van der Waals surface area (Å²) in [7, 11) is 0. The van der Waals surface area contributed by atoms with Crippen LogP contribution in [0.1, 0.15) is 11.8 Å². The Labute approximate surface area is 141 Å². The van der Waals surface area contributed by atoms with Gasteiger partial charge >= 0.3 is 0 Å². The number of ether oxygens (including phenoxy) is 1. The van der Waals surface area contributed by atoms with Crippen LogP contribution in [0.3, 0.4) is 0 Å². The minimum atomic E-state index is -1.18. The number of aryl methyl sites for hydroxylation is 1. The number of hydrogen-bond acceptors (Lipinski definition) is 8. The van der Waals surface area contributed by atoms with Gasteiger partial charge in [0.1, 0.15) is 35.8 Å². The van der Waals surface area contributed by atoms with E-state index in [0.29, 0.717) is 11.2 Å². The number of hydrogen-bond donors (Lipinski definition) is 3. The molecule has 24 heavy (non-hydrogen) atoms. The number of thiophene rings is 1. The Kier molecular flexibility index (Phi) is 3.82. The van der Waals surface area contributed by atoms with Crippen LogP contribution in [-0.4, -0.2) is 59.8 Å². The maximum atomic E-state index is 10.2. The first kappa shape index (κ1) is 15.6. The normalized spacial score (nSPS) is 27.2. The van der Waals surface area contributed by atoms with Crippen molar-refractivity contribution in [2.24, 2.45) is 0 Å². The van der Waals surface area contributed by atoms with E-state index >= 15 is 0 Å². The van der Waals surface area contributed by atoms with Crippen LogP contribution in [0.2, 0.25) is 0 Å². The highest BCUT2D eigenvalue weighted by Crippen LogP contribution is 2.35. The molecule has 4 rings (SSSR count). The summed E-state index contributed by atoms with van der Waals surface area (Å²) in [4.78, 5) is 14.0. The highest BCUT2D eigenvalue weighted by Gasteiger charge is 2.44. The summed E-state index contributed by atoms with van der Waals surface area (Å²) >= 11 is 1.57. The molecule has 0 aromatic carbocycles. The average Bonchev–Trinajstić information content (AvgIpc) is 3.27. The van der Waals surface area contributed by atoms with E-state index in [1.807, 2.05) is 18.4 Å². The van der Waals surface area contributed by atoms with Crippen molar-refractivity contribution in [2.75, 3.05) is 6.61 Å². The summed E-state index contributed by atoms with van der Waals surface area (Å²) in [5.41, 5.74) is 2.92. The largest absolute Gasteiger partial charge is 0.394 e. The monoisotopic (exact) mass is 348 g/mol. The minimum Gasteiger partial charge on any atom is -0.394 e. The summed E-state index contributed by atoms with van der Waals surface area (Å²) < 4.78 is 7.12. The van der Waals surface area contributed by atoms with E-state index in [1.165, 1.54) is 12.7 Å². The zero-order valence-corrected chi connectivity index (χ0v) is 13.6. The second-order valence-corrected chi connectivity index (χ2v) is 6.62. The van der Waals surface area contributed by atoms with E-state index in [-0.39, 0.29) is 6.61 Å². The summed E-state index contributed by atoms with van der Waals surface area (Å²) in [6.07, 6.45) is -1.11. The lowest BCUT2D eigenvalue weighted by Gasteiger charge is -2.16. The van der Waals surface area contributed by atoms with Crippen molar-refractivity contribution in [1.82, 2.24) is 19.5 Å². The lowest BCUT2D eigenvalue weighted by Crippen LogP contribution is -2.33. The number of imidazole rings is 1. The number of aliphatic hydroxyl groups is 3. The molecule has 3 aromatic heterocycles. The predicted molar refractivity (Wildman–Crippen MR) is 86.4 cm³/mol. The number of aromatic nitrogens is 4. The van der Waals surface area contributed by atoms with Gasteiger partial charge in [0.2, 0.25) is 0 Å². The third-order valence-electron chi connectivity index (χ3n) is 4.23. The lowest BCUT2D eigenvalue weighted by atomic mass is 10.1. The highest BCUT2D eigenvalue weighted by molar-refractivity contribution is 7.13. The molecule has 4 heterocycles. The molecule has 9 heteroatoms. The molecule has 1 saturated heterocycles. The van der Waals surface area contributed by atoms with Gasteiger partial charge in [-0.2, -0.15) is 0 Å². The van der Waals surface area contributed by atoms with Crippen LogP contribution in [0, 0.1) is 6.92 Å². The standard InChI is InChI=1S/C15H16N4O4S/c1-7-2-3-24-13(7)9-10-14(17-5-16-9)19(6-18-10)15-12(22)11(21)8(4-20)23-15/h2-3,5-6,8,11-12,15,20-22H,4H2,1H3/t8-,11-,12-,15?/m1/s1. The Balaban J connectivity index is 1.81. The second-order valence-electron chi connectivity index (χ2n) is 5.71. The van der Waals surface area contributed by atoms with Gasteiger partial charge in [0, 0.05) is 0 Å². The van der Waals surface area contributed by atoms with Crippen molar-refractivity contribution in [1.29, 1.82) is 0 Å². The van der Waals surface area contributed by atoms with Crippen LogP contribution in [0.5, 0.6) is 0 Å². The zero-order valence-electron chi connectivity index (χ0n) is 12.8. The highest BCUT2D eigenvalue weighted by atomic mass is 32.1. The van der Waals surface area contributed by atoms with Crippen molar-refractivity contribution >= 4 is 22.5 Å². The smallest absolute Gasteiger partial charge is 0.166 e. The predicted octanol–water partition coefficient (Wildman–Crippen LogP) is 0.475.